The van der Waals surface area contributed by atoms with E-state index in [1.165, 1.54) is 16.4 Å². The molecule has 0 radical (unpaired) electrons. The van der Waals surface area contributed by atoms with E-state index in [9.17, 15) is 12.8 Å². The molecule has 0 bridgehead atoms. The number of benzene rings is 2. The van der Waals surface area contributed by atoms with E-state index in [2.05, 4.69) is 18.4 Å². The number of hydrogen-bond donors (Lipinski definition) is 0. The number of sulfonamides is 1. The molecule has 5 nitrogen and oxygen atoms in total. The predicted octanol–water partition coefficient (Wildman–Crippen LogP) is 5.39. The second-order valence-electron chi connectivity index (χ2n) is 7.46. The van der Waals surface area contributed by atoms with Gasteiger partial charge < -0.3 is 4.57 Å². The van der Waals surface area contributed by atoms with Crippen molar-refractivity contribution in [3.05, 3.63) is 53.3 Å². The van der Waals surface area contributed by atoms with Crippen LogP contribution in [0.15, 0.2) is 46.5 Å². The van der Waals surface area contributed by atoms with Crippen LogP contribution in [0.1, 0.15) is 44.9 Å². The van der Waals surface area contributed by atoms with Gasteiger partial charge in [0.2, 0.25) is 10.0 Å². The summed E-state index contributed by atoms with van der Waals surface area (Å²) in [7, 11) is -3.54. The molecule has 0 spiro atoms. The van der Waals surface area contributed by atoms with E-state index in [4.69, 9.17) is 4.98 Å². The third kappa shape index (κ3) is 4.40. The average molecular weight is 450 g/mol. The number of rotatable bonds is 8. The van der Waals surface area contributed by atoms with Crippen LogP contribution in [0.4, 0.5) is 4.39 Å². The smallest absolute Gasteiger partial charge is 0.243 e. The zero-order valence-corrected chi connectivity index (χ0v) is 19.6. The first-order valence-corrected chi connectivity index (χ1v) is 12.5. The van der Waals surface area contributed by atoms with Gasteiger partial charge in [-0.1, -0.05) is 31.7 Å². The van der Waals surface area contributed by atoms with Crippen LogP contribution in [-0.2, 0) is 15.8 Å². The van der Waals surface area contributed by atoms with Gasteiger partial charge in [-0.3, -0.25) is 0 Å². The van der Waals surface area contributed by atoms with Gasteiger partial charge in [-0.05, 0) is 62.2 Å². The molecule has 1 heterocycles. The SMILES string of the molecule is CCN(CC)S(=O)(=O)c1ccc2c(c1)nc(SCc1ccc(F)cc1C)n2C(C)C. The highest BCUT2D eigenvalue weighted by atomic mass is 32.2. The molecular formula is C22H28FN3O2S2. The van der Waals surface area contributed by atoms with Gasteiger partial charge in [0.1, 0.15) is 5.82 Å². The van der Waals surface area contributed by atoms with Crippen LogP contribution in [0.5, 0.6) is 0 Å². The summed E-state index contributed by atoms with van der Waals surface area (Å²) in [5.74, 6) is 0.421. The monoisotopic (exact) mass is 449 g/mol. The van der Waals surface area contributed by atoms with Crippen LogP contribution in [0.25, 0.3) is 11.0 Å². The Morgan fingerprint density at radius 1 is 1.13 bits per heavy atom. The lowest BCUT2D eigenvalue weighted by Gasteiger charge is -2.18. The molecule has 0 fully saturated rings. The number of halogens is 1. The third-order valence-corrected chi connectivity index (χ3v) is 8.20. The van der Waals surface area contributed by atoms with Gasteiger partial charge in [-0.25, -0.2) is 17.8 Å². The summed E-state index contributed by atoms with van der Waals surface area (Å²) in [6, 6.07) is 10.1. The van der Waals surface area contributed by atoms with E-state index in [1.54, 1.807) is 30.0 Å². The van der Waals surface area contributed by atoms with Gasteiger partial charge in [0.15, 0.2) is 5.16 Å². The fourth-order valence-corrected chi connectivity index (χ4v) is 6.19. The number of aryl methyl sites for hydroxylation is 1. The molecule has 0 saturated heterocycles. The topological polar surface area (TPSA) is 55.2 Å². The van der Waals surface area contributed by atoms with Crippen molar-refractivity contribution in [2.75, 3.05) is 13.1 Å². The largest absolute Gasteiger partial charge is 0.316 e. The van der Waals surface area contributed by atoms with Crippen molar-refractivity contribution in [1.82, 2.24) is 13.9 Å². The van der Waals surface area contributed by atoms with Crippen LogP contribution < -0.4 is 0 Å². The van der Waals surface area contributed by atoms with Gasteiger partial charge >= 0.3 is 0 Å². The lowest BCUT2D eigenvalue weighted by molar-refractivity contribution is 0.445. The van der Waals surface area contributed by atoms with Gasteiger partial charge in [0.25, 0.3) is 0 Å². The molecule has 0 N–H and O–H groups in total. The molecule has 2 aromatic carbocycles. The summed E-state index contributed by atoms with van der Waals surface area (Å²) in [4.78, 5) is 5.01. The minimum atomic E-state index is -3.54. The lowest BCUT2D eigenvalue weighted by atomic mass is 10.1. The third-order valence-electron chi connectivity index (χ3n) is 5.15. The molecule has 3 aromatic rings. The van der Waals surface area contributed by atoms with Crippen molar-refractivity contribution in [2.45, 2.75) is 56.5 Å². The molecule has 0 amide bonds. The van der Waals surface area contributed by atoms with Crippen LogP contribution in [0, 0.1) is 12.7 Å². The molecular weight excluding hydrogens is 421 g/mol. The summed E-state index contributed by atoms with van der Waals surface area (Å²) >= 11 is 1.57. The summed E-state index contributed by atoms with van der Waals surface area (Å²) < 4.78 is 42.7. The Labute approximate surface area is 182 Å². The molecule has 0 saturated carbocycles. The van der Waals surface area contributed by atoms with E-state index < -0.39 is 10.0 Å². The fourth-order valence-electron chi connectivity index (χ4n) is 3.49. The summed E-state index contributed by atoms with van der Waals surface area (Å²) in [6.07, 6.45) is 0. The number of nitrogens with zero attached hydrogens (tertiary/aromatic N) is 3. The quantitative estimate of drug-likeness (QED) is 0.433. The Balaban J connectivity index is 2.00. The molecule has 0 aliphatic carbocycles. The van der Waals surface area contributed by atoms with Crippen LogP contribution in [0.2, 0.25) is 0 Å². The zero-order chi connectivity index (χ0) is 22.1. The highest BCUT2D eigenvalue weighted by Crippen LogP contribution is 2.32. The molecule has 0 atom stereocenters. The second kappa shape index (κ2) is 9.08. The van der Waals surface area contributed by atoms with Crippen molar-refractivity contribution in [2.24, 2.45) is 0 Å². The lowest BCUT2D eigenvalue weighted by Crippen LogP contribution is -2.30. The summed E-state index contributed by atoms with van der Waals surface area (Å²) in [5.41, 5.74) is 3.52. The van der Waals surface area contributed by atoms with Crippen LogP contribution >= 0.6 is 11.8 Å². The van der Waals surface area contributed by atoms with Gasteiger partial charge in [-0.15, -0.1) is 0 Å². The zero-order valence-electron chi connectivity index (χ0n) is 18.0. The minimum Gasteiger partial charge on any atom is -0.316 e. The number of imidazole rings is 1. The Hall–Kier alpha value is -1.90. The standard InChI is InChI=1S/C22H28FN3O2S2/c1-6-25(7-2)30(27,28)19-10-11-21-20(13-19)24-22(26(21)15(3)4)29-14-17-8-9-18(23)12-16(17)5/h8-13,15H,6-7,14H2,1-5H3. The molecule has 0 aliphatic heterocycles. The van der Waals surface area contributed by atoms with Gasteiger partial charge in [-0.2, -0.15) is 4.31 Å². The predicted molar refractivity (Wildman–Crippen MR) is 121 cm³/mol. The molecule has 0 aliphatic rings. The second-order valence-corrected chi connectivity index (χ2v) is 10.3. The molecule has 30 heavy (non-hydrogen) atoms. The summed E-state index contributed by atoms with van der Waals surface area (Å²) in [6.45, 7) is 10.6. The molecule has 8 heteroatoms. The Morgan fingerprint density at radius 2 is 1.83 bits per heavy atom. The van der Waals surface area contributed by atoms with E-state index in [-0.39, 0.29) is 16.8 Å². The van der Waals surface area contributed by atoms with E-state index in [1.807, 2.05) is 26.8 Å². The normalized spacial score (nSPS) is 12.4. The van der Waals surface area contributed by atoms with E-state index in [0.717, 1.165) is 21.8 Å². The first-order valence-electron chi connectivity index (χ1n) is 10.1. The highest BCUT2D eigenvalue weighted by molar-refractivity contribution is 7.98. The Bertz CT molecular complexity index is 1150. The Morgan fingerprint density at radius 3 is 2.43 bits per heavy atom. The van der Waals surface area contributed by atoms with Crippen molar-refractivity contribution < 1.29 is 12.8 Å². The number of fused-ring (bicyclic) bond motifs is 1. The maximum absolute atomic E-state index is 13.4. The number of hydrogen-bond acceptors (Lipinski definition) is 4. The highest BCUT2D eigenvalue weighted by Gasteiger charge is 2.23. The number of aromatic nitrogens is 2. The maximum Gasteiger partial charge on any atom is 0.243 e. The first-order chi connectivity index (χ1) is 14.2. The molecule has 3 rings (SSSR count). The average Bonchev–Trinajstić information content (AvgIpc) is 3.05. The van der Waals surface area contributed by atoms with Crippen molar-refractivity contribution in [1.29, 1.82) is 0 Å². The van der Waals surface area contributed by atoms with Crippen LogP contribution in [0.3, 0.4) is 0 Å². The van der Waals surface area contributed by atoms with E-state index in [0.29, 0.717) is 24.4 Å². The van der Waals surface area contributed by atoms with Crippen molar-refractivity contribution >= 4 is 32.8 Å². The van der Waals surface area contributed by atoms with Crippen molar-refractivity contribution in [3.8, 4) is 0 Å². The maximum atomic E-state index is 13.4. The van der Waals surface area contributed by atoms with E-state index >= 15 is 0 Å². The van der Waals surface area contributed by atoms with Crippen molar-refractivity contribution in [3.63, 3.8) is 0 Å². The van der Waals surface area contributed by atoms with Gasteiger partial charge in [0, 0.05) is 24.9 Å². The summed E-state index contributed by atoms with van der Waals surface area (Å²) in [5, 5.41) is 0.820. The number of thioether (sulfide) groups is 1. The fraction of sp³-hybridized carbons (Fsp3) is 0.409. The first kappa shape index (κ1) is 22.8. The minimum absolute atomic E-state index is 0.164. The molecule has 0 unspecified atom stereocenters. The van der Waals surface area contributed by atoms with Crippen LogP contribution in [-0.4, -0.2) is 35.4 Å². The van der Waals surface area contributed by atoms with Gasteiger partial charge in [0.05, 0.1) is 15.9 Å². The molecule has 1 aromatic heterocycles. The molecule has 162 valence electrons. The Kier molecular flexibility index (Phi) is 6.89.